The van der Waals surface area contributed by atoms with Crippen LogP contribution in [0.2, 0.25) is 0 Å². The van der Waals surface area contributed by atoms with Crippen LogP contribution < -0.4 is 0 Å². The van der Waals surface area contributed by atoms with E-state index in [1.54, 1.807) is 6.92 Å². The SMILES string of the molecule is COC(=O)c1c(C)c(C(=O)Cc2ccc(F)c(F)c2)c2n1[C@@H]1C[C@@H]1C2. The number of benzene rings is 1. The molecule has 2 aliphatic rings. The van der Waals surface area contributed by atoms with Gasteiger partial charge in [-0.25, -0.2) is 13.6 Å². The number of methoxy groups -OCH3 is 1. The summed E-state index contributed by atoms with van der Waals surface area (Å²) in [5, 5.41) is 0. The summed E-state index contributed by atoms with van der Waals surface area (Å²) in [5.74, 6) is -2.07. The summed E-state index contributed by atoms with van der Waals surface area (Å²) in [6.45, 7) is 1.74. The Hall–Kier alpha value is -2.50. The van der Waals surface area contributed by atoms with Gasteiger partial charge in [0.25, 0.3) is 0 Å². The highest BCUT2D eigenvalue weighted by atomic mass is 19.2. The van der Waals surface area contributed by atoms with Gasteiger partial charge in [0.05, 0.1) is 7.11 Å². The van der Waals surface area contributed by atoms with E-state index in [0.29, 0.717) is 28.3 Å². The average molecular weight is 345 g/mol. The third-order valence-corrected chi connectivity index (χ3v) is 5.23. The van der Waals surface area contributed by atoms with Crippen LogP contribution >= 0.6 is 0 Å². The van der Waals surface area contributed by atoms with Crippen molar-refractivity contribution in [3.8, 4) is 0 Å². The molecule has 4 rings (SSSR count). The Bertz CT molecular complexity index is 916. The minimum Gasteiger partial charge on any atom is -0.464 e. The van der Waals surface area contributed by atoms with Crippen molar-refractivity contribution in [2.24, 2.45) is 5.92 Å². The molecule has 6 heteroatoms. The van der Waals surface area contributed by atoms with Gasteiger partial charge >= 0.3 is 5.97 Å². The quantitative estimate of drug-likeness (QED) is 0.630. The number of ether oxygens (including phenoxy) is 1. The van der Waals surface area contributed by atoms with Crippen LogP contribution in [0.4, 0.5) is 8.78 Å². The number of nitrogens with zero attached hydrogens (tertiary/aromatic N) is 1. The van der Waals surface area contributed by atoms with E-state index in [4.69, 9.17) is 4.74 Å². The number of aromatic nitrogens is 1. The molecule has 2 aromatic rings. The van der Waals surface area contributed by atoms with E-state index in [-0.39, 0.29) is 18.2 Å². The average Bonchev–Trinajstić information content (AvgIpc) is 3.15. The van der Waals surface area contributed by atoms with Crippen molar-refractivity contribution in [2.75, 3.05) is 7.11 Å². The number of carbonyl (C=O) groups is 2. The first-order valence-electron chi connectivity index (χ1n) is 8.21. The largest absolute Gasteiger partial charge is 0.464 e. The van der Waals surface area contributed by atoms with Crippen LogP contribution in [-0.2, 0) is 17.6 Å². The van der Waals surface area contributed by atoms with Crippen molar-refractivity contribution in [1.82, 2.24) is 4.57 Å². The zero-order chi connectivity index (χ0) is 17.9. The number of hydrogen-bond acceptors (Lipinski definition) is 3. The number of halogens is 2. The summed E-state index contributed by atoms with van der Waals surface area (Å²) in [7, 11) is 1.32. The van der Waals surface area contributed by atoms with E-state index in [0.717, 1.165) is 30.7 Å². The second kappa shape index (κ2) is 5.51. The zero-order valence-corrected chi connectivity index (χ0v) is 13.9. The molecule has 0 bridgehead atoms. The highest BCUT2D eigenvalue weighted by Gasteiger charge is 2.49. The first-order chi connectivity index (χ1) is 11.9. The van der Waals surface area contributed by atoms with Gasteiger partial charge < -0.3 is 9.30 Å². The van der Waals surface area contributed by atoms with Gasteiger partial charge in [0.15, 0.2) is 17.4 Å². The summed E-state index contributed by atoms with van der Waals surface area (Å²) >= 11 is 0. The van der Waals surface area contributed by atoms with Gasteiger partial charge in [-0.1, -0.05) is 6.07 Å². The fourth-order valence-corrected chi connectivity index (χ4v) is 3.99. The molecule has 25 heavy (non-hydrogen) atoms. The molecular formula is C19H17F2NO3. The predicted octanol–water partition coefficient (Wildman–Crippen LogP) is 3.40. The molecular weight excluding hydrogens is 328 g/mol. The van der Waals surface area contributed by atoms with Crippen molar-refractivity contribution in [3.63, 3.8) is 0 Å². The van der Waals surface area contributed by atoms with Gasteiger partial charge in [0.2, 0.25) is 0 Å². The molecule has 0 amide bonds. The summed E-state index contributed by atoms with van der Waals surface area (Å²) < 4.78 is 33.3. The Morgan fingerprint density at radius 3 is 2.72 bits per heavy atom. The molecule has 2 atom stereocenters. The lowest BCUT2D eigenvalue weighted by Gasteiger charge is -2.07. The molecule has 130 valence electrons. The van der Waals surface area contributed by atoms with Gasteiger partial charge in [0, 0.05) is 23.7 Å². The molecule has 1 aliphatic carbocycles. The van der Waals surface area contributed by atoms with Crippen LogP contribution in [0.25, 0.3) is 0 Å². The second-order valence-electron chi connectivity index (χ2n) is 6.77. The summed E-state index contributed by atoms with van der Waals surface area (Å²) in [5.41, 5.74) is 2.85. The number of carbonyl (C=O) groups excluding carboxylic acids is 2. The maximum Gasteiger partial charge on any atom is 0.354 e. The predicted molar refractivity (Wildman–Crippen MR) is 85.7 cm³/mol. The van der Waals surface area contributed by atoms with E-state index in [1.807, 2.05) is 4.57 Å². The molecule has 0 saturated heterocycles. The standard InChI is InChI=1S/C19H17F2NO3/c1-9-17(16(23)6-10-3-4-12(20)13(21)5-10)15-8-11-7-14(11)22(15)18(9)19(24)25-2/h3-5,11,14H,6-8H2,1-2H3/t11-,14-/m1/s1. The van der Waals surface area contributed by atoms with E-state index < -0.39 is 17.6 Å². The molecule has 0 N–H and O–H groups in total. The molecule has 1 aromatic carbocycles. The van der Waals surface area contributed by atoms with Crippen LogP contribution in [0.15, 0.2) is 18.2 Å². The normalized spacial score (nSPS) is 20.2. The zero-order valence-electron chi connectivity index (χ0n) is 13.9. The van der Waals surface area contributed by atoms with Crippen LogP contribution in [-0.4, -0.2) is 23.4 Å². The lowest BCUT2D eigenvalue weighted by atomic mass is 9.97. The number of Topliss-reactive ketones (excluding diaryl/α,β-unsaturated/α-hetero) is 1. The topological polar surface area (TPSA) is 48.3 Å². The third-order valence-electron chi connectivity index (χ3n) is 5.23. The van der Waals surface area contributed by atoms with Gasteiger partial charge in [-0.3, -0.25) is 4.79 Å². The summed E-state index contributed by atoms with van der Waals surface area (Å²) in [4.78, 5) is 25.0. The van der Waals surface area contributed by atoms with Gasteiger partial charge in [-0.15, -0.1) is 0 Å². The number of ketones is 1. The van der Waals surface area contributed by atoms with Crippen LogP contribution in [0.3, 0.4) is 0 Å². The fraction of sp³-hybridized carbons (Fsp3) is 0.368. The molecule has 1 aliphatic heterocycles. The van der Waals surface area contributed by atoms with E-state index >= 15 is 0 Å². The van der Waals surface area contributed by atoms with Gasteiger partial charge in [0.1, 0.15) is 5.69 Å². The first kappa shape index (κ1) is 16.0. The Kier molecular flexibility index (Phi) is 3.52. The van der Waals surface area contributed by atoms with E-state index in [9.17, 15) is 18.4 Å². The molecule has 4 nitrogen and oxygen atoms in total. The van der Waals surface area contributed by atoms with Crippen LogP contribution in [0.5, 0.6) is 0 Å². The molecule has 2 heterocycles. The number of esters is 1. The molecule has 1 saturated carbocycles. The lowest BCUT2D eigenvalue weighted by Crippen LogP contribution is -2.10. The minimum atomic E-state index is -0.972. The number of fused-ring (bicyclic) bond motifs is 3. The highest BCUT2D eigenvalue weighted by molar-refractivity contribution is 6.04. The van der Waals surface area contributed by atoms with Crippen molar-refractivity contribution < 1.29 is 23.1 Å². The van der Waals surface area contributed by atoms with E-state index in [2.05, 4.69) is 0 Å². The monoisotopic (exact) mass is 345 g/mol. The number of hydrogen-bond donors (Lipinski definition) is 0. The minimum absolute atomic E-state index is 0.0367. The Morgan fingerprint density at radius 1 is 1.28 bits per heavy atom. The van der Waals surface area contributed by atoms with Crippen molar-refractivity contribution in [3.05, 3.63) is 57.9 Å². The molecule has 1 fully saturated rings. The molecule has 0 unspecified atom stereocenters. The van der Waals surface area contributed by atoms with Crippen molar-refractivity contribution in [1.29, 1.82) is 0 Å². The fourth-order valence-electron chi connectivity index (χ4n) is 3.99. The first-order valence-corrected chi connectivity index (χ1v) is 8.21. The van der Waals surface area contributed by atoms with Crippen LogP contribution in [0.1, 0.15) is 50.1 Å². The van der Waals surface area contributed by atoms with Crippen molar-refractivity contribution >= 4 is 11.8 Å². The van der Waals surface area contributed by atoms with Crippen LogP contribution in [0, 0.1) is 24.5 Å². The molecule has 0 radical (unpaired) electrons. The smallest absolute Gasteiger partial charge is 0.354 e. The third kappa shape index (κ3) is 2.39. The van der Waals surface area contributed by atoms with Crippen molar-refractivity contribution in [2.45, 2.75) is 32.2 Å². The Balaban J connectivity index is 1.73. The van der Waals surface area contributed by atoms with Gasteiger partial charge in [-0.05, 0) is 48.9 Å². The number of rotatable bonds is 4. The summed E-state index contributed by atoms with van der Waals surface area (Å²) in [6.07, 6.45) is 1.74. The molecule has 1 aromatic heterocycles. The lowest BCUT2D eigenvalue weighted by molar-refractivity contribution is 0.0587. The highest BCUT2D eigenvalue weighted by Crippen LogP contribution is 2.54. The summed E-state index contributed by atoms with van der Waals surface area (Å²) in [6, 6.07) is 3.73. The van der Waals surface area contributed by atoms with Gasteiger partial charge in [-0.2, -0.15) is 0 Å². The Morgan fingerprint density at radius 2 is 2.04 bits per heavy atom. The Labute approximate surface area is 143 Å². The van der Waals surface area contributed by atoms with E-state index in [1.165, 1.54) is 13.2 Å². The molecule has 0 spiro atoms. The maximum absolute atomic E-state index is 13.4. The maximum atomic E-state index is 13.4. The second-order valence-corrected chi connectivity index (χ2v) is 6.77.